The Labute approximate surface area is 167 Å². The Kier molecular flexibility index (Phi) is 4.65. The monoisotopic (exact) mass is 406 g/mol. The van der Waals surface area contributed by atoms with Gasteiger partial charge in [-0.15, -0.1) is 0 Å². The number of primary sulfonamides is 1. The number of amides is 1. The minimum absolute atomic E-state index is 0.0684. The van der Waals surface area contributed by atoms with Crippen molar-refractivity contribution in [2.75, 3.05) is 5.32 Å². The van der Waals surface area contributed by atoms with Gasteiger partial charge in [0.15, 0.2) is 0 Å². The molecule has 0 saturated carbocycles. The lowest BCUT2D eigenvalue weighted by Gasteiger charge is -2.09. The number of nitrogens with zero attached hydrogens (tertiary/aromatic N) is 1. The number of aromatic amines is 1. The van der Waals surface area contributed by atoms with Gasteiger partial charge in [-0.25, -0.2) is 18.5 Å². The fourth-order valence-corrected chi connectivity index (χ4v) is 3.89. The first kappa shape index (κ1) is 18.9. The first-order chi connectivity index (χ1) is 13.8. The van der Waals surface area contributed by atoms with E-state index in [1.807, 2.05) is 36.4 Å². The van der Waals surface area contributed by atoms with E-state index < -0.39 is 15.9 Å². The smallest absolute Gasteiger partial charge is 0.255 e. The molecular formula is C21H18N4O3S. The van der Waals surface area contributed by atoms with E-state index in [2.05, 4.69) is 15.3 Å². The number of nitrogens with one attached hydrogen (secondary N) is 2. The third-order valence-corrected chi connectivity index (χ3v) is 5.59. The molecule has 4 aromatic rings. The summed E-state index contributed by atoms with van der Waals surface area (Å²) < 4.78 is 23.4. The van der Waals surface area contributed by atoms with Crippen molar-refractivity contribution in [2.45, 2.75) is 11.8 Å². The number of H-pyrrole nitrogens is 1. The second-order valence-corrected chi connectivity index (χ2v) is 8.19. The molecule has 0 aliphatic heterocycles. The Hall–Kier alpha value is -3.49. The molecule has 0 atom stereocenters. The van der Waals surface area contributed by atoms with E-state index in [1.54, 1.807) is 31.2 Å². The van der Waals surface area contributed by atoms with E-state index in [4.69, 9.17) is 5.14 Å². The SMILES string of the molecule is Cc1ccc(C(=O)Nc2cccc(-c3nc4ccccc4[nH]3)c2)cc1S(N)(=O)=O. The van der Waals surface area contributed by atoms with Crippen LogP contribution in [0.25, 0.3) is 22.4 Å². The Balaban J connectivity index is 1.62. The maximum atomic E-state index is 12.6. The molecule has 0 unspecified atom stereocenters. The van der Waals surface area contributed by atoms with Crippen molar-refractivity contribution < 1.29 is 13.2 Å². The van der Waals surface area contributed by atoms with Crippen LogP contribution in [0, 0.1) is 6.92 Å². The lowest BCUT2D eigenvalue weighted by atomic mass is 10.1. The maximum absolute atomic E-state index is 12.6. The number of benzene rings is 3. The van der Waals surface area contributed by atoms with E-state index in [1.165, 1.54) is 6.07 Å². The number of aromatic nitrogens is 2. The topological polar surface area (TPSA) is 118 Å². The van der Waals surface area contributed by atoms with E-state index in [9.17, 15) is 13.2 Å². The van der Waals surface area contributed by atoms with Gasteiger partial charge in [0.25, 0.3) is 5.91 Å². The highest BCUT2D eigenvalue weighted by Crippen LogP contribution is 2.24. The summed E-state index contributed by atoms with van der Waals surface area (Å²) in [6.45, 7) is 1.62. The summed E-state index contributed by atoms with van der Waals surface area (Å²) in [5.74, 6) is 0.255. The van der Waals surface area contributed by atoms with Crippen molar-refractivity contribution >= 4 is 32.7 Å². The zero-order chi connectivity index (χ0) is 20.6. The third kappa shape index (κ3) is 3.89. The molecule has 1 aromatic heterocycles. The van der Waals surface area contributed by atoms with Crippen molar-refractivity contribution in [3.8, 4) is 11.4 Å². The number of para-hydroxylation sites is 2. The molecule has 146 valence electrons. The Morgan fingerprint density at radius 3 is 2.59 bits per heavy atom. The van der Waals surface area contributed by atoms with Crippen molar-refractivity contribution in [1.29, 1.82) is 0 Å². The molecule has 0 aliphatic rings. The van der Waals surface area contributed by atoms with Gasteiger partial charge in [0.2, 0.25) is 10.0 Å². The molecule has 1 amide bonds. The summed E-state index contributed by atoms with van der Waals surface area (Å²) in [5, 5.41) is 8.01. The molecule has 7 nitrogen and oxygen atoms in total. The summed E-state index contributed by atoms with van der Waals surface area (Å²) in [5.41, 5.74) is 3.84. The second-order valence-electron chi connectivity index (χ2n) is 6.66. The molecule has 4 rings (SSSR count). The van der Waals surface area contributed by atoms with Crippen LogP contribution in [0.15, 0.2) is 71.6 Å². The van der Waals surface area contributed by atoms with Gasteiger partial charge in [-0.1, -0.05) is 30.3 Å². The van der Waals surface area contributed by atoms with Gasteiger partial charge in [-0.05, 0) is 48.9 Å². The largest absolute Gasteiger partial charge is 0.338 e. The number of hydrogen-bond donors (Lipinski definition) is 3. The van der Waals surface area contributed by atoms with Gasteiger partial charge in [0.1, 0.15) is 5.82 Å². The molecule has 3 aromatic carbocycles. The van der Waals surface area contributed by atoms with Crippen LogP contribution in [0.5, 0.6) is 0 Å². The molecule has 0 bridgehead atoms. The van der Waals surface area contributed by atoms with Gasteiger partial charge in [-0.2, -0.15) is 0 Å². The zero-order valence-corrected chi connectivity index (χ0v) is 16.3. The molecule has 0 fully saturated rings. The Morgan fingerprint density at radius 1 is 1.03 bits per heavy atom. The fraction of sp³-hybridized carbons (Fsp3) is 0.0476. The van der Waals surface area contributed by atoms with Crippen LogP contribution in [0.3, 0.4) is 0 Å². The summed E-state index contributed by atoms with van der Waals surface area (Å²) in [4.78, 5) is 20.4. The predicted octanol–water partition coefficient (Wildman–Crippen LogP) is 3.44. The Bertz CT molecular complexity index is 1310. The number of nitrogens with two attached hydrogens (primary N) is 1. The number of carbonyl (C=O) groups is 1. The highest BCUT2D eigenvalue weighted by molar-refractivity contribution is 7.89. The van der Waals surface area contributed by atoms with Crippen molar-refractivity contribution in [3.05, 3.63) is 77.9 Å². The van der Waals surface area contributed by atoms with Gasteiger partial charge < -0.3 is 10.3 Å². The number of rotatable bonds is 4. The summed E-state index contributed by atoms with van der Waals surface area (Å²) in [7, 11) is -3.91. The molecule has 0 aliphatic carbocycles. The number of anilines is 1. The van der Waals surface area contributed by atoms with Crippen LogP contribution in [-0.4, -0.2) is 24.3 Å². The standard InChI is InChI=1S/C21H18N4O3S/c1-13-9-10-15(12-19(13)29(22,27)28)21(26)23-16-6-4-5-14(11-16)20-24-17-7-2-3-8-18(17)25-20/h2-12H,1H3,(H,23,26)(H,24,25)(H2,22,27,28). The number of imidazole rings is 1. The van der Waals surface area contributed by atoms with Crippen molar-refractivity contribution in [1.82, 2.24) is 9.97 Å². The van der Waals surface area contributed by atoms with E-state index in [0.717, 1.165) is 16.6 Å². The highest BCUT2D eigenvalue weighted by atomic mass is 32.2. The van der Waals surface area contributed by atoms with Crippen LogP contribution < -0.4 is 10.5 Å². The van der Waals surface area contributed by atoms with Gasteiger partial charge in [0, 0.05) is 16.8 Å². The molecule has 0 radical (unpaired) electrons. The number of sulfonamides is 1. The average molecular weight is 406 g/mol. The van der Waals surface area contributed by atoms with Crippen LogP contribution in [0.1, 0.15) is 15.9 Å². The molecule has 29 heavy (non-hydrogen) atoms. The third-order valence-electron chi connectivity index (χ3n) is 4.54. The zero-order valence-electron chi connectivity index (χ0n) is 15.5. The van der Waals surface area contributed by atoms with Gasteiger partial charge in [-0.3, -0.25) is 4.79 Å². The van der Waals surface area contributed by atoms with E-state index in [-0.39, 0.29) is 10.5 Å². The highest BCUT2D eigenvalue weighted by Gasteiger charge is 2.15. The number of aryl methyl sites for hydroxylation is 1. The summed E-state index contributed by atoms with van der Waals surface area (Å²) in [6.07, 6.45) is 0. The molecule has 0 saturated heterocycles. The first-order valence-electron chi connectivity index (χ1n) is 8.81. The van der Waals surface area contributed by atoms with Gasteiger partial charge >= 0.3 is 0 Å². The quantitative estimate of drug-likeness (QED) is 0.481. The lowest BCUT2D eigenvalue weighted by molar-refractivity contribution is 0.102. The molecule has 4 N–H and O–H groups in total. The summed E-state index contributed by atoms with van der Waals surface area (Å²) >= 11 is 0. The number of hydrogen-bond acceptors (Lipinski definition) is 4. The molecule has 1 heterocycles. The average Bonchev–Trinajstić information content (AvgIpc) is 3.12. The minimum atomic E-state index is -3.91. The van der Waals surface area contributed by atoms with Crippen LogP contribution in [-0.2, 0) is 10.0 Å². The van der Waals surface area contributed by atoms with Crippen molar-refractivity contribution in [3.63, 3.8) is 0 Å². The lowest BCUT2D eigenvalue weighted by Crippen LogP contribution is -2.17. The molecule has 8 heteroatoms. The normalized spacial score (nSPS) is 11.5. The van der Waals surface area contributed by atoms with Gasteiger partial charge in [0.05, 0.1) is 15.9 Å². The Morgan fingerprint density at radius 2 is 1.83 bits per heavy atom. The molecule has 0 spiro atoms. The summed E-state index contributed by atoms with van der Waals surface area (Å²) in [6, 6.07) is 19.3. The van der Waals surface area contributed by atoms with E-state index >= 15 is 0 Å². The van der Waals surface area contributed by atoms with Crippen molar-refractivity contribution in [2.24, 2.45) is 5.14 Å². The van der Waals surface area contributed by atoms with Crippen LogP contribution in [0.4, 0.5) is 5.69 Å². The first-order valence-corrected chi connectivity index (χ1v) is 10.4. The second kappa shape index (κ2) is 7.16. The predicted molar refractivity (Wildman–Crippen MR) is 112 cm³/mol. The fourth-order valence-electron chi connectivity index (χ4n) is 3.08. The van der Waals surface area contributed by atoms with E-state index in [0.29, 0.717) is 17.1 Å². The molecular weight excluding hydrogens is 388 g/mol. The number of carbonyl (C=O) groups excluding carboxylic acids is 1. The minimum Gasteiger partial charge on any atom is -0.338 e. The van der Waals surface area contributed by atoms with Crippen LogP contribution >= 0.6 is 0 Å². The number of fused-ring (bicyclic) bond motifs is 1. The van der Waals surface area contributed by atoms with Crippen LogP contribution in [0.2, 0.25) is 0 Å². The maximum Gasteiger partial charge on any atom is 0.255 e.